The molecule has 1 amide bonds. The number of carbonyl (C=O) groups excluding carboxylic acids is 2. The number of hydrogen-bond donors (Lipinski definition) is 1. The predicted octanol–water partition coefficient (Wildman–Crippen LogP) is 7.39. The molecule has 1 heterocycles. The Kier molecular flexibility index (Phi) is 8.43. The van der Waals surface area contributed by atoms with Crippen LogP contribution in [0.5, 0.6) is 5.75 Å². The van der Waals surface area contributed by atoms with Crippen LogP contribution in [0.3, 0.4) is 0 Å². The molecule has 0 atom stereocenters. The highest BCUT2D eigenvalue weighted by Crippen LogP contribution is 2.42. The van der Waals surface area contributed by atoms with Crippen LogP contribution in [0.25, 0.3) is 10.4 Å². The molecule has 36 heavy (non-hydrogen) atoms. The van der Waals surface area contributed by atoms with Crippen molar-refractivity contribution in [3.05, 3.63) is 69.5 Å². The fourth-order valence-corrected chi connectivity index (χ4v) is 6.35. The number of aromatic carboxylic acids is 1. The van der Waals surface area contributed by atoms with Crippen LogP contribution in [0.2, 0.25) is 0 Å². The number of benzene rings is 2. The number of carboxylic acid groups (broad SMARTS) is 1. The van der Waals surface area contributed by atoms with Gasteiger partial charge in [0.25, 0.3) is 0 Å². The van der Waals surface area contributed by atoms with E-state index in [2.05, 4.69) is 15.9 Å². The molecule has 3 aromatic rings. The van der Waals surface area contributed by atoms with Crippen molar-refractivity contribution >= 4 is 51.0 Å². The monoisotopic (exact) mass is 571 g/mol. The number of anilines is 1. The Morgan fingerprint density at radius 2 is 1.78 bits per heavy atom. The van der Waals surface area contributed by atoms with Crippen LogP contribution in [0.1, 0.15) is 59.1 Å². The second kappa shape index (κ2) is 11.7. The number of halogens is 1. The Labute approximate surface area is 221 Å². The predicted molar refractivity (Wildman–Crippen MR) is 142 cm³/mol. The van der Waals surface area contributed by atoms with E-state index in [9.17, 15) is 19.5 Å². The second-order valence-electron chi connectivity index (χ2n) is 8.37. The average Bonchev–Trinajstić information content (AvgIpc) is 3.23. The van der Waals surface area contributed by atoms with Gasteiger partial charge in [-0.3, -0.25) is 4.90 Å². The molecule has 9 heteroatoms. The lowest BCUT2D eigenvalue weighted by Gasteiger charge is -2.33. The third kappa shape index (κ3) is 5.63. The molecule has 0 unspecified atom stereocenters. The van der Waals surface area contributed by atoms with E-state index < -0.39 is 18.0 Å². The van der Waals surface area contributed by atoms with Crippen LogP contribution in [0.15, 0.2) is 59.1 Å². The molecule has 0 saturated heterocycles. The first-order valence-corrected chi connectivity index (χ1v) is 13.4. The van der Waals surface area contributed by atoms with Crippen molar-refractivity contribution in [3.63, 3.8) is 0 Å². The average molecular weight is 572 g/mol. The van der Waals surface area contributed by atoms with Crippen LogP contribution in [-0.2, 0) is 4.74 Å². The number of rotatable bonds is 7. The molecule has 1 N–H and O–H groups in total. The van der Waals surface area contributed by atoms with Gasteiger partial charge in [-0.25, -0.2) is 14.4 Å². The van der Waals surface area contributed by atoms with E-state index in [0.29, 0.717) is 26.4 Å². The van der Waals surface area contributed by atoms with Gasteiger partial charge in [0, 0.05) is 11.7 Å². The van der Waals surface area contributed by atoms with E-state index in [1.165, 1.54) is 0 Å². The fourth-order valence-electron chi connectivity index (χ4n) is 4.37. The standard InChI is InChI=1S/C27H26BrNO6S/c1-2-34-26(32)21-22(28)23(36-24(21)25(30)31)17-10-9-13-19(16-17)29(18-11-5-3-6-12-18)27(33)35-20-14-7-4-8-15-20/h4,7-10,13-16,18H,2-3,5-6,11-12H2,1H3,(H,30,31). The maximum Gasteiger partial charge on any atom is 0.420 e. The van der Waals surface area contributed by atoms with Gasteiger partial charge in [-0.1, -0.05) is 49.6 Å². The lowest BCUT2D eigenvalue weighted by atomic mass is 9.94. The van der Waals surface area contributed by atoms with Crippen molar-refractivity contribution < 1.29 is 29.0 Å². The third-order valence-corrected chi connectivity index (χ3v) is 8.28. The maximum absolute atomic E-state index is 13.4. The van der Waals surface area contributed by atoms with Crippen molar-refractivity contribution in [3.8, 4) is 16.2 Å². The van der Waals surface area contributed by atoms with Crippen LogP contribution in [-0.4, -0.2) is 35.8 Å². The fraction of sp³-hybridized carbons (Fsp3) is 0.296. The Morgan fingerprint density at radius 1 is 1.06 bits per heavy atom. The number of nitrogens with zero attached hydrogens (tertiary/aromatic N) is 1. The van der Waals surface area contributed by atoms with Crippen molar-refractivity contribution in [1.29, 1.82) is 0 Å². The minimum atomic E-state index is -1.21. The minimum Gasteiger partial charge on any atom is -0.477 e. The van der Waals surface area contributed by atoms with Crippen molar-refractivity contribution in [2.24, 2.45) is 0 Å². The van der Waals surface area contributed by atoms with Gasteiger partial charge in [0.05, 0.1) is 21.5 Å². The third-order valence-electron chi connectivity index (χ3n) is 6.00. The summed E-state index contributed by atoms with van der Waals surface area (Å²) in [5.41, 5.74) is 1.31. The number of ether oxygens (including phenoxy) is 2. The van der Waals surface area contributed by atoms with Crippen LogP contribution < -0.4 is 9.64 Å². The molecule has 4 rings (SSSR count). The smallest absolute Gasteiger partial charge is 0.420 e. The summed E-state index contributed by atoms with van der Waals surface area (Å²) in [5, 5.41) is 9.71. The lowest BCUT2D eigenvalue weighted by Crippen LogP contribution is -2.43. The Hall–Kier alpha value is -3.17. The molecule has 0 bridgehead atoms. The van der Waals surface area contributed by atoms with E-state index in [-0.39, 0.29) is 23.1 Å². The zero-order valence-corrected chi connectivity index (χ0v) is 22.1. The summed E-state index contributed by atoms with van der Waals surface area (Å²) in [6, 6.07) is 16.2. The van der Waals surface area contributed by atoms with Gasteiger partial charge in [-0.2, -0.15) is 0 Å². The summed E-state index contributed by atoms with van der Waals surface area (Å²) in [5.74, 6) is -1.44. The molecule has 1 saturated carbocycles. The van der Waals surface area contributed by atoms with Gasteiger partial charge in [0.15, 0.2) is 0 Å². The van der Waals surface area contributed by atoms with Crippen LogP contribution >= 0.6 is 27.3 Å². The summed E-state index contributed by atoms with van der Waals surface area (Å²) in [7, 11) is 0. The van der Waals surface area contributed by atoms with E-state index in [0.717, 1.165) is 43.4 Å². The molecular weight excluding hydrogens is 546 g/mol. The molecule has 1 aliphatic rings. The zero-order valence-electron chi connectivity index (χ0n) is 19.7. The summed E-state index contributed by atoms with van der Waals surface area (Å²) in [6.45, 7) is 1.79. The van der Waals surface area contributed by atoms with Gasteiger partial charge in [0.1, 0.15) is 10.6 Å². The van der Waals surface area contributed by atoms with Gasteiger partial charge in [-0.05, 0) is 65.5 Å². The van der Waals surface area contributed by atoms with Crippen LogP contribution in [0.4, 0.5) is 10.5 Å². The molecule has 7 nitrogen and oxygen atoms in total. The van der Waals surface area contributed by atoms with E-state index in [1.54, 1.807) is 24.0 Å². The first kappa shape index (κ1) is 25.9. The van der Waals surface area contributed by atoms with Crippen LogP contribution in [0, 0.1) is 0 Å². The highest BCUT2D eigenvalue weighted by molar-refractivity contribution is 9.10. The van der Waals surface area contributed by atoms with Gasteiger partial charge in [-0.15, -0.1) is 11.3 Å². The minimum absolute atomic E-state index is 0.0117. The number of amides is 1. The molecule has 1 aromatic heterocycles. The molecule has 1 aliphatic carbocycles. The van der Waals surface area contributed by atoms with E-state index >= 15 is 0 Å². The summed E-state index contributed by atoms with van der Waals surface area (Å²) < 4.78 is 11.1. The highest BCUT2D eigenvalue weighted by Gasteiger charge is 2.31. The Balaban J connectivity index is 1.74. The topological polar surface area (TPSA) is 93.1 Å². The number of thiophene rings is 1. The molecule has 2 aromatic carbocycles. The first-order valence-electron chi connectivity index (χ1n) is 11.8. The largest absolute Gasteiger partial charge is 0.477 e. The first-order chi connectivity index (χ1) is 17.4. The van der Waals surface area contributed by atoms with Gasteiger partial charge in [0.2, 0.25) is 0 Å². The lowest BCUT2D eigenvalue weighted by molar-refractivity contribution is 0.0515. The summed E-state index contributed by atoms with van der Waals surface area (Å²) in [4.78, 5) is 39.9. The Morgan fingerprint density at radius 3 is 2.44 bits per heavy atom. The summed E-state index contributed by atoms with van der Waals surface area (Å²) in [6.07, 6.45) is 4.46. The van der Waals surface area contributed by atoms with Crippen molar-refractivity contribution in [2.45, 2.75) is 45.1 Å². The van der Waals surface area contributed by atoms with Gasteiger partial charge < -0.3 is 14.6 Å². The number of para-hydroxylation sites is 1. The highest BCUT2D eigenvalue weighted by atomic mass is 79.9. The van der Waals surface area contributed by atoms with Crippen molar-refractivity contribution in [1.82, 2.24) is 0 Å². The molecule has 0 radical (unpaired) electrons. The molecule has 188 valence electrons. The van der Waals surface area contributed by atoms with E-state index in [4.69, 9.17) is 9.47 Å². The van der Waals surface area contributed by atoms with Crippen molar-refractivity contribution in [2.75, 3.05) is 11.5 Å². The maximum atomic E-state index is 13.4. The SMILES string of the molecule is CCOC(=O)c1c(C(=O)O)sc(-c2cccc(N(C(=O)Oc3ccccc3)C3CCCCC3)c2)c1Br. The summed E-state index contributed by atoms with van der Waals surface area (Å²) >= 11 is 4.42. The number of carbonyl (C=O) groups is 3. The zero-order chi connectivity index (χ0) is 25.7. The molecule has 1 fully saturated rings. The molecule has 0 spiro atoms. The second-order valence-corrected chi connectivity index (χ2v) is 10.2. The number of hydrogen-bond acceptors (Lipinski definition) is 6. The Bertz CT molecular complexity index is 1250. The number of carboxylic acids is 1. The van der Waals surface area contributed by atoms with E-state index in [1.807, 2.05) is 42.5 Å². The molecular formula is C27H26BrNO6S. The van der Waals surface area contributed by atoms with Gasteiger partial charge >= 0.3 is 18.0 Å². The molecule has 0 aliphatic heterocycles. The normalized spacial score (nSPS) is 13.7. The number of esters is 1. The quantitative estimate of drug-likeness (QED) is 0.297.